The van der Waals surface area contributed by atoms with Crippen LogP contribution in [-0.4, -0.2) is 30.6 Å². The Kier molecular flexibility index (Phi) is 4.81. The van der Waals surface area contributed by atoms with Crippen LogP contribution >= 0.6 is 11.6 Å². The van der Waals surface area contributed by atoms with Crippen molar-refractivity contribution < 1.29 is 5.11 Å². The summed E-state index contributed by atoms with van der Waals surface area (Å²) < 4.78 is 0. The number of rotatable bonds is 5. The molecule has 3 heteroatoms. The van der Waals surface area contributed by atoms with Crippen LogP contribution < -0.4 is 0 Å². The highest BCUT2D eigenvalue weighted by molar-refractivity contribution is 6.31. The highest BCUT2D eigenvalue weighted by Gasteiger charge is 2.32. The van der Waals surface area contributed by atoms with Gasteiger partial charge < -0.3 is 10.0 Å². The molecular formula is C17H20ClNO. The zero-order valence-electron chi connectivity index (χ0n) is 11.9. The topological polar surface area (TPSA) is 23.5 Å². The van der Waals surface area contributed by atoms with Crippen molar-refractivity contribution in [3.8, 4) is 0 Å². The third-order valence-electron chi connectivity index (χ3n) is 3.49. The molecular weight excluding hydrogens is 270 g/mol. The van der Waals surface area contributed by atoms with Gasteiger partial charge in [0.2, 0.25) is 0 Å². The molecule has 0 radical (unpaired) electrons. The van der Waals surface area contributed by atoms with Crippen LogP contribution in [0.3, 0.4) is 0 Å². The van der Waals surface area contributed by atoms with Gasteiger partial charge in [0.1, 0.15) is 5.60 Å². The Labute approximate surface area is 125 Å². The molecule has 0 fully saturated rings. The molecule has 1 N–H and O–H groups in total. The monoisotopic (exact) mass is 289 g/mol. The van der Waals surface area contributed by atoms with Gasteiger partial charge in [-0.25, -0.2) is 0 Å². The highest BCUT2D eigenvalue weighted by Crippen LogP contribution is 2.36. The van der Waals surface area contributed by atoms with Gasteiger partial charge in [0.25, 0.3) is 0 Å². The van der Waals surface area contributed by atoms with Crippen LogP contribution in [-0.2, 0) is 5.60 Å². The van der Waals surface area contributed by atoms with Gasteiger partial charge in [-0.15, -0.1) is 0 Å². The van der Waals surface area contributed by atoms with Gasteiger partial charge >= 0.3 is 0 Å². The van der Waals surface area contributed by atoms with E-state index in [2.05, 4.69) is 4.90 Å². The maximum absolute atomic E-state index is 11.3. The van der Waals surface area contributed by atoms with E-state index in [1.165, 1.54) is 0 Å². The average molecular weight is 290 g/mol. The van der Waals surface area contributed by atoms with E-state index in [9.17, 15) is 5.11 Å². The molecule has 0 aliphatic carbocycles. The Hall–Kier alpha value is -1.35. The first-order chi connectivity index (χ1) is 9.54. The minimum absolute atomic E-state index is 0.591. The number of aliphatic hydroxyl groups is 1. The summed E-state index contributed by atoms with van der Waals surface area (Å²) in [6, 6.07) is 17.2. The first kappa shape index (κ1) is 15.0. The van der Waals surface area contributed by atoms with E-state index in [4.69, 9.17) is 11.6 Å². The standard InChI is InChI=1S/C17H20ClNO/c1-19(2)13-12-17(20,14-8-4-3-5-9-14)15-10-6-7-11-16(15)18/h3-11,20H,12-13H2,1-2H3/t17-/m1/s1. The van der Waals surface area contributed by atoms with Gasteiger partial charge in [-0.05, 0) is 32.1 Å². The van der Waals surface area contributed by atoms with Crippen LogP contribution in [0.2, 0.25) is 5.02 Å². The van der Waals surface area contributed by atoms with E-state index in [-0.39, 0.29) is 0 Å². The van der Waals surface area contributed by atoms with E-state index in [1.807, 2.05) is 68.7 Å². The lowest BCUT2D eigenvalue weighted by Crippen LogP contribution is -2.32. The molecule has 2 aromatic carbocycles. The molecule has 0 unspecified atom stereocenters. The summed E-state index contributed by atoms with van der Waals surface area (Å²) in [5.41, 5.74) is 0.564. The number of halogens is 1. The van der Waals surface area contributed by atoms with E-state index in [1.54, 1.807) is 0 Å². The molecule has 20 heavy (non-hydrogen) atoms. The maximum atomic E-state index is 11.3. The van der Waals surface area contributed by atoms with Crippen LogP contribution in [0.5, 0.6) is 0 Å². The quantitative estimate of drug-likeness (QED) is 0.910. The summed E-state index contributed by atoms with van der Waals surface area (Å²) in [6.45, 7) is 0.774. The molecule has 0 bridgehead atoms. The van der Waals surface area contributed by atoms with Crippen molar-refractivity contribution in [1.82, 2.24) is 4.90 Å². The van der Waals surface area contributed by atoms with Crippen molar-refractivity contribution in [2.75, 3.05) is 20.6 Å². The van der Waals surface area contributed by atoms with Gasteiger partial charge in [-0.3, -0.25) is 0 Å². The molecule has 2 rings (SSSR count). The van der Waals surface area contributed by atoms with Crippen LogP contribution in [0.1, 0.15) is 17.5 Å². The van der Waals surface area contributed by atoms with Crippen molar-refractivity contribution >= 4 is 11.6 Å². The van der Waals surface area contributed by atoms with Crippen LogP contribution in [0.25, 0.3) is 0 Å². The van der Waals surface area contributed by atoms with Crippen molar-refractivity contribution in [3.05, 3.63) is 70.7 Å². The number of benzene rings is 2. The van der Waals surface area contributed by atoms with Gasteiger partial charge in [0.05, 0.1) is 0 Å². The first-order valence-corrected chi connectivity index (χ1v) is 7.09. The molecule has 106 valence electrons. The second kappa shape index (κ2) is 6.40. The van der Waals surface area contributed by atoms with E-state index in [0.29, 0.717) is 11.4 Å². The predicted octanol–water partition coefficient (Wildman–Crippen LogP) is 3.53. The summed E-state index contributed by atoms with van der Waals surface area (Å²) >= 11 is 6.30. The Balaban J connectivity index is 2.47. The molecule has 0 spiro atoms. The van der Waals surface area contributed by atoms with Gasteiger partial charge in [0.15, 0.2) is 0 Å². The minimum Gasteiger partial charge on any atom is -0.380 e. The van der Waals surface area contributed by atoms with Gasteiger partial charge in [-0.2, -0.15) is 0 Å². The number of hydrogen-bond donors (Lipinski definition) is 1. The number of hydrogen-bond acceptors (Lipinski definition) is 2. The minimum atomic E-state index is -1.07. The third-order valence-corrected chi connectivity index (χ3v) is 3.82. The summed E-state index contributed by atoms with van der Waals surface area (Å²) in [7, 11) is 4.00. The van der Waals surface area contributed by atoms with Gasteiger partial charge in [0, 0.05) is 17.1 Å². The molecule has 2 aromatic rings. The second-order valence-corrected chi connectivity index (χ2v) is 5.67. The molecule has 0 saturated carbocycles. The zero-order valence-corrected chi connectivity index (χ0v) is 12.6. The third kappa shape index (κ3) is 3.21. The lowest BCUT2D eigenvalue weighted by atomic mass is 9.83. The Morgan fingerprint density at radius 1 is 1.00 bits per heavy atom. The lowest BCUT2D eigenvalue weighted by Gasteiger charge is -2.31. The largest absolute Gasteiger partial charge is 0.380 e. The van der Waals surface area contributed by atoms with E-state index >= 15 is 0 Å². The molecule has 0 saturated heterocycles. The summed E-state index contributed by atoms with van der Waals surface area (Å²) in [5, 5.41) is 11.9. The summed E-state index contributed by atoms with van der Waals surface area (Å²) in [6.07, 6.45) is 0.591. The average Bonchev–Trinajstić information content (AvgIpc) is 2.46. The van der Waals surface area contributed by atoms with Crippen LogP contribution in [0.15, 0.2) is 54.6 Å². The van der Waals surface area contributed by atoms with Crippen LogP contribution in [0, 0.1) is 0 Å². The number of nitrogens with zero attached hydrogens (tertiary/aromatic N) is 1. The Morgan fingerprint density at radius 3 is 2.20 bits per heavy atom. The molecule has 0 aliphatic rings. The fourth-order valence-corrected chi connectivity index (χ4v) is 2.62. The molecule has 0 heterocycles. The fraction of sp³-hybridized carbons (Fsp3) is 0.294. The Morgan fingerprint density at radius 2 is 1.60 bits per heavy atom. The van der Waals surface area contributed by atoms with Crippen LogP contribution in [0.4, 0.5) is 0 Å². The zero-order chi connectivity index (χ0) is 14.6. The normalized spacial score (nSPS) is 14.2. The fourth-order valence-electron chi connectivity index (χ4n) is 2.33. The highest BCUT2D eigenvalue weighted by atomic mass is 35.5. The molecule has 0 aliphatic heterocycles. The Bertz CT molecular complexity index is 556. The van der Waals surface area contributed by atoms with Crippen molar-refractivity contribution in [2.24, 2.45) is 0 Å². The van der Waals surface area contributed by atoms with E-state index < -0.39 is 5.60 Å². The maximum Gasteiger partial charge on any atom is 0.117 e. The summed E-state index contributed by atoms with van der Waals surface area (Å²) in [5.74, 6) is 0. The first-order valence-electron chi connectivity index (χ1n) is 6.71. The van der Waals surface area contributed by atoms with Crippen molar-refractivity contribution in [1.29, 1.82) is 0 Å². The second-order valence-electron chi connectivity index (χ2n) is 5.26. The van der Waals surface area contributed by atoms with Gasteiger partial charge in [-0.1, -0.05) is 60.1 Å². The smallest absolute Gasteiger partial charge is 0.117 e. The van der Waals surface area contributed by atoms with E-state index in [0.717, 1.165) is 17.7 Å². The van der Waals surface area contributed by atoms with Crippen molar-refractivity contribution in [3.63, 3.8) is 0 Å². The molecule has 0 aromatic heterocycles. The molecule has 1 atom stereocenters. The molecule has 2 nitrogen and oxygen atoms in total. The lowest BCUT2D eigenvalue weighted by molar-refractivity contribution is 0.0630. The van der Waals surface area contributed by atoms with Crippen molar-refractivity contribution in [2.45, 2.75) is 12.0 Å². The summed E-state index contributed by atoms with van der Waals surface area (Å²) in [4.78, 5) is 2.06. The SMILES string of the molecule is CN(C)CC[C@@](O)(c1ccccc1)c1ccccc1Cl. The predicted molar refractivity (Wildman–Crippen MR) is 84.1 cm³/mol. The molecule has 0 amide bonds.